The van der Waals surface area contributed by atoms with Crippen LogP contribution in [0, 0.1) is 5.41 Å². The molecule has 0 spiro atoms. The Morgan fingerprint density at radius 2 is 2.18 bits per heavy atom. The summed E-state index contributed by atoms with van der Waals surface area (Å²) in [6.07, 6.45) is 2.59. The third-order valence-corrected chi connectivity index (χ3v) is 4.03. The minimum atomic E-state index is 0.439. The Kier molecular flexibility index (Phi) is 2.60. The van der Waals surface area contributed by atoms with Crippen LogP contribution in [0.5, 0.6) is 0 Å². The van der Waals surface area contributed by atoms with Gasteiger partial charge in [0.25, 0.3) is 0 Å². The van der Waals surface area contributed by atoms with E-state index in [4.69, 9.17) is 23.2 Å². The van der Waals surface area contributed by atoms with Gasteiger partial charge < -0.3 is 4.57 Å². The first-order chi connectivity index (χ1) is 8.11. The summed E-state index contributed by atoms with van der Waals surface area (Å²) < 4.78 is 2.24. The lowest BCUT2D eigenvalue weighted by molar-refractivity contribution is 0.465. The molecule has 1 aliphatic carbocycles. The smallest absolute Gasteiger partial charge is 0.124 e. The molecule has 3 rings (SSSR count). The molecule has 90 valence electrons. The van der Waals surface area contributed by atoms with E-state index in [0.29, 0.717) is 11.3 Å². The Bertz CT molecular complexity index is 570. The molecule has 1 aliphatic rings. The fourth-order valence-electron chi connectivity index (χ4n) is 2.18. The molecule has 0 unspecified atom stereocenters. The van der Waals surface area contributed by atoms with Crippen LogP contribution in [0.3, 0.4) is 0 Å². The first-order valence-corrected chi connectivity index (χ1v) is 6.73. The third-order valence-electron chi connectivity index (χ3n) is 3.55. The number of hydrogen-bond acceptors (Lipinski definition) is 1. The van der Waals surface area contributed by atoms with E-state index < -0.39 is 0 Å². The maximum absolute atomic E-state index is 5.99. The highest BCUT2D eigenvalue weighted by Crippen LogP contribution is 2.47. The summed E-state index contributed by atoms with van der Waals surface area (Å²) in [5.41, 5.74) is 2.52. The van der Waals surface area contributed by atoms with Crippen molar-refractivity contribution in [3.63, 3.8) is 0 Å². The van der Waals surface area contributed by atoms with Gasteiger partial charge in [-0.15, -0.1) is 11.6 Å². The van der Waals surface area contributed by atoms with Crippen LogP contribution >= 0.6 is 23.2 Å². The summed E-state index contributed by atoms with van der Waals surface area (Å²) >= 11 is 12.0. The van der Waals surface area contributed by atoms with Crippen LogP contribution in [0.25, 0.3) is 11.0 Å². The van der Waals surface area contributed by atoms with Gasteiger partial charge in [-0.05, 0) is 36.5 Å². The SMILES string of the molecule is CC1(Cn2c(CCl)nc3cc(Cl)ccc32)CC1. The van der Waals surface area contributed by atoms with E-state index in [1.807, 2.05) is 18.2 Å². The number of imidazole rings is 1. The molecule has 0 aliphatic heterocycles. The van der Waals surface area contributed by atoms with Crippen molar-refractivity contribution in [3.8, 4) is 0 Å². The van der Waals surface area contributed by atoms with Gasteiger partial charge in [-0.3, -0.25) is 0 Å². The zero-order valence-corrected chi connectivity index (χ0v) is 11.2. The molecule has 17 heavy (non-hydrogen) atoms. The number of hydrogen-bond donors (Lipinski definition) is 0. The third kappa shape index (κ3) is 2.04. The minimum absolute atomic E-state index is 0.439. The molecule has 2 aromatic rings. The number of alkyl halides is 1. The van der Waals surface area contributed by atoms with Crippen LogP contribution in [0.1, 0.15) is 25.6 Å². The Morgan fingerprint density at radius 3 is 2.82 bits per heavy atom. The monoisotopic (exact) mass is 268 g/mol. The first kappa shape index (κ1) is 11.4. The summed E-state index contributed by atoms with van der Waals surface area (Å²) in [5, 5.41) is 0.723. The van der Waals surface area contributed by atoms with E-state index in [9.17, 15) is 0 Å². The molecule has 1 saturated carbocycles. The molecule has 2 nitrogen and oxygen atoms in total. The van der Waals surface area contributed by atoms with Crippen molar-refractivity contribution in [2.24, 2.45) is 5.41 Å². The van der Waals surface area contributed by atoms with Gasteiger partial charge >= 0.3 is 0 Å². The summed E-state index contributed by atoms with van der Waals surface area (Å²) in [4.78, 5) is 4.55. The Balaban J connectivity index is 2.12. The van der Waals surface area contributed by atoms with Crippen molar-refractivity contribution >= 4 is 34.2 Å². The number of halogens is 2. The highest BCUT2D eigenvalue weighted by atomic mass is 35.5. The first-order valence-electron chi connectivity index (χ1n) is 5.82. The minimum Gasteiger partial charge on any atom is -0.326 e. The van der Waals surface area contributed by atoms with E-state index >= 15 is 0 Å². The number of nitrogens with zero attached hydrogens (tertiary/aromatic N) is 2. The fraction of sp³-hybridized carbons (Fsp3) is 0.462. The number of benzene rings is 1. The lowest BCUT2D eigenvalue weighted by atomic mass is 10.1. The normalized spacial score (nSPS) is 17.6. The van der Waals surface area contributed by atoms with E-state index in [2.05, 4.69) is 16.5 Å². The quantitative estimate of drug-likeness (QED) is 0.762. The van der Waals surface area contributed by atoms with E-state index in [-0.39, 0.29) is 0 Å². The summed E-state index contributed by atoms with van der Waals surface area (Å²) in [5.74, 6) is 1.39. The van der Waals surface area contributed by atoms with Gasteiger partial charge in [0.2, 0.25) is 0 Å². The zero-order chi connectivity index (χ0) is 12.0. The van der Waals surface area contributed by atoms with Crippen molar-refractivity contribution in [1.29, 1.82) is 0 Å². The van der Waals surface area contributed by atoms with Gasteiger partial charge in [-0.25, -0.2) is 4.98 Å². The lowest BCUT2D eigenvalue weighted by Crippen LogP contribution is -2.10. The number of fused-ring (bicyclic) bond motifs is 1. The van der Waals surface area contributed by atoms with Crippen molar-refractivity contribution < 1.29 is 0 Å². The molecule has 0 bridgehead atoms. The van der Waals surface area contributed by atoms with Gasteiger partial charge in [0.15, 0.2) is 0 Å². The highest BCUT2D eigenvalue weighted by Gasteiger charge is 2.38. The molecule has 0 radical (unpaired) electrons. The average molecular weight is 269 g/mol. The van der Waals surface area contributed by atoms with Gasteiger partial charge in [0.05, 0.1) is 16.9 Å². The van der Waals surface area contributed by atoms with Crippen LogP contribution in [-0.4, -0.2) is 9.55 Å². The average Bonchev–Trinajstić information content (AvgIpc) is 2.92. The molecular weight excluding hydrogens is 255 g/mol. The van der Waals surface area contributed by atoms with Gasteiger partial charge in [0, 0.05) is 11.6 Å². The Labute approximate surface area is 111 Å². The van der Waals surface area contributed by atoms with E-state index in [1.165, 1.54) is 12.8 Å². The summed E-state index contributed by atoms with van der Waals surface area (Å²) in [6.45, 7) is 3.32. The van der Waals surface area contributed by atoms with Crippen molar-refractivity contribution in [2.75, 3.05) is 0 Å². The van der Waals surface area contributed by atoms with Gasteiger partial charge in [-0.2, -0.15) is 0 Å². The second kappa shape index (κ2) is 3.89. The largest absolute Gasteiger partial charge is 0.326 e. The van der Waals surface area contributed by atoms with Gasteiger partial charge in [-0.1, -0.05) is 18.5 Å². The van der Waals surface area contributed by atoms with Crippen molar-refractivity contribution in [3.05, 3.63) is 29.0 Å². The van der Waals surface area contributed by atoms with Crippen molar-refractivity contribution in [2.45, 2.75) is 32.2 Å². The molecular formula is C13H14Cl2N2. The molecule has 1 heterocycles. The predicted molar refractivity (Wildman–Crippen MR) is 71.6 cm³/mol. The highest BCUT2D eigenvalue weighted by molar-refractivity contribution is 6.31. The van der Waals surface area contributed by atoms with E-state index in [0.717, 1.165) is 28.4 Å². The fourth-order valence-corrected chi connectivity index (χ4v) is 2.55. The molecule has 0 atom stereocenters. The lowest BCUT2D eigenvalue weighted by Gasteiger charge is -2.12. The van der Waals surface area contributed by atoms with E-state index in [1.54, 1.807) is 0 Å². The summed E-state index contributed by atoms with van der Waals surface area (Å²) in [6, 6.07) is 5.85. The maximum Gasteiger partial charge on any atom is 0.124 e. The van der Waals surface area contributed by atoms with Gasteiger partial charge in [0.1, 0.15) is 5.82 Å². The molecule has 0 saturated heterocycles. The molecule has 1 aromatic heterocycles. The van der Waals surface area contributed by atoms with Crippen LogP contribution < -0.4 is 0 Å². The summed E-state index contributed by atoms with van der Waals surface area (Å²) in [7, 11) is 0. The van der Waals surface area contributed by atoms with Crippen molar-refractivity contribution in [1.82, 2.24) is 9.55 Å². The maximum atomic E-state index is 5.99. The molecule has 0 N–H and O–H groups in total. The molecule has 1 fully saturated rings. The molecule has 1 aromatic carbocycles. The molecule has 0 amide bonds. The number of rotatable bonds is 3. The second-order valence-corrected chi connectivity index (χ2v) is 5.90. The predicted octanol–water partition coefficient (Wildman–Crippen LogP) is 4.23. The van der Waals surface area contributed by atoms with Crippen LogP contribution in [-0.2, 0) is 12.4 Å². The standard InChI is InChI=1S/C13H14Cl2N2/c1-13(4-5-13)8-17-11-3-2-9(15)6-10(11)16-12(17)7-14/h2-3,6H,4-5,7-8H2,1H3. The Hall–Kier alpha value is -0.730. The number of aromatic nitrogens is 2. The second-order valence-electron chi connectivity index (χ2n) is 5.19. The topological polar surface area (TPSA) is 17.8 Å². The van der Waals surface area contributed by atoms with Crippen LogP contribution in [0.15, 0.2) is 18.2 Å². The van der Waals surface area contributed by atoms with Crippen LogP contribution in [0.4, 0.5) is 0 Å². The van der Waals surface area contributed by atoms with Crippen LogP contribution in [0.2, 0.25) is 5.02 Å². The molecule has 4 heteroatoms. The zero-order valence-electron chi connectivity index (χ0n) is 9.71. The Morgan fingerprint density at radius 1 is 1.41 bits per heavy atom.